The van der Waals surface area contributed by atoms with Gasteiger partial charge in [0, 0.05) is 35.6 Å². The van der Waals surface area contributed by atoms with Crippen LogP contribution in [-0.4, -0.2) is 204 Å². The van der Waals surface area contributed by atoms with Crippen LogP contribution in [0.15, 0.2) is 78.9 Å². The number of ketones is 2. The van der Waals surface area contributed by atoms with E-state index in [9.17, 15) is 69.6 Å². The van der Waals surface area contributed by atoms with Crippen LogP contribution in [-0.2, 0) is 71.6 Å². The predicted molar refractivity (Wildman–Crippen MR) is 384 cm³/mol. The summed E-state index contributed by atoms with van der Waals surface area (Å²) in [6.07, 6.45) is -21.0. The number of carbonyl (C=O) groups excluding carboxylic acids is 9. The summed E-state index contributed by atoms with van der Waals surface area (Å²) >= 11 is 14.4. The first-order valence-corrected chi connectivity index (χ1v) is 35.8. The lowest BCUT2D eigenvalue weighted by Crippen LogP contribution is -2.63. The molecule has 11 bridgehead atoms. The SMILES string of the molecule is CN[C@H](CC(C)C)C(=O)NC1C(=O)NC(CC(N)=O)C(=O)NC2C(=O)NC3C(=O)NC(C(=O)NC(C(=O)O)c4cc(O)cc(O)c4-c4cc3ccc4O)C(OC3C[C@](C)(N)C(=O)[C@H](C)O3)c3ccc(c(Cl)c3)Oc3cc2cc(c3OC2O[C@H](CO)[C@@H](O)[C@H](OC3C[C@](C)(N)C(=O)[C@H](C)O3)[C@H]2O)Oc2ccc(cc2Cl)C1O. The topological polar surface area (TPSA) is 569 Å². The summed E-state index contributed by atoms with van der Waals surface area (Å²) in [7, 11) is 1.47. The van der Waals surface area contributed by atoms with Gasteiger partial charge in [0.15, 0.2) is 41.7 Å². The Labute approximate surface area is 642 Å². The molecule has 0 spiro atoms. The maximum atomic E-state index is 16.3. The molecule has 20 atom stereocenters. The Kier molecular flexibility index (Phi) is 24.3. The summed E-state index contributed by atoms with van der Waals surface area (Å²) in [6.45, 7) is 8.17. The number of aromatic hydroxyl groups is 3. The maximum absolute atomic E-state index is 16.3. The number of Topliss-reactive ketones (excluding diaryl/α,β-unsaturated/α-hetero) is 2. The van der Waals surface area contributed by atoms with E-state index in [1.54, 1.807) is 0 Å². The first-order valence-electron chi connectivity index (χ1n) is 35.0. The number of benzene rings is 5. The van der Waals surface area contributed by atoms with Gasteiger partial charge < -0.3 is 133 Å². The summed E-state index contributed by atoms with van der Waals surface area (Å²) in [5, 5.41) is 110. The van der Waals surface area contributed by atoms with Crippen molar-refractivity contribution in [3.05, 3.63) is 117 Å². The molecule has 3 fully saturated rings. The number of halogens is 2. The van der Waals surface area contributed by atoms with Gasteiger partial charge >= 0.3 is 5.97 Å². The molecular weight excluding hydrogens is 1500 g/mol. The average molecular weight is 1590 g/mol. The molecule has 596 valence electrons. The van der Waals surface area contributed by atoms with Crippen molar-refractivity contribution in [3.63, 3.8) is 0 Å². The van der Waals surface area contributed by atoms with Crippen LogP contribution in [0, 0.1) is 5.92 Å². The van der Waals surface area contributed by atoms with E-state index >= 15 is 19.2 Å². The first-order chi connectivity index (χ1) is 52.3. The maximum Gasteiger partial charge on any atom is 0.330 e. The van der Waals surface area contributed by atoms with Gasteiger partial charge in [-0.1, -0.05) is 55.2 Å². The molecule has 0 aliphatic carbocycles. The van der Waals surface area contributed by atoms with Crippen LogP contribution in [0.25, 0.3) is 11.1 Å². The molecule has 7 amide bonds. The second-order valence-corrected chi connectivity index (χ2v) is 29.6. The Hall–Kier alpha value is -9.90. The van der Waals surface area contributed by atoms with E-state index < -0.39 is 267 Å². The van der Waals surface area contributed by atoms with Crippen molar-refractivity contribution in [2.45, 2.75) is 188 Å². The minimum atomic E-state index is -2.39. The Morgan fingerprint density at radius 3 is 1.79 bits per heavy atom. The van der Waals surface area contributed by atoms with E-state index in [1.165, 1.54) is 52.9 Å². The minimum Gasteiger partial charge on any atom is -0.508 e. The summed E-state index contributed by atoms with van der Waals surface area (Å²) < 4.78 is 50.7. The van der Waals surface area contributed by atoms with E-state index in [4.69, 9.17) is 78.3 Å². The Morgan fingerprint density at radius 2 is 1.23 bits per heavy atom. The number of carboxylic acid groups (broad SMARTS) is 1. The van der Waals surface area contributed by atoms with Gasteiger partial charge in [-0.25, -0.2) is 4.79 Å². The average Bonchev–Trinajstić information content (AvgIpc) is 0.765. The van der Waals surface area contributed by atoms with Crippen molar-refractivity contribution >= 4 is 82.1 Å². The normalized spacial score (nSPS) is 30.7. The third kappa shape index (κ3) is 17.4. The summed E-state index contributed by atoms with van der Waals surface area (Å²) in [4.78, 5) is 146. The molecule has 3 saturated heterocycles. The lowest BCUT2D eigenvalue weighted by molar-refractivity contribution is -0.318. The monoisotopic (exact) mass is 1590 g/mol. The molecule has 11 unspecified atom stereocenters. The highest BCUT2D eigenvalue weighted by molar-refractivity contribution is 6.32. The molecule has 36 nitrogen and oxygen atoms in total. The van der Waals surface area contributed by atoms with E-state index in [2.05, 4.69) is 37.2 Å². The second kappa shape index (κ2) is 32.8. The van der Waals surface area contributed by atoms with Crippen LogP contribution >= 0.6 is 23.2 Å². The molecular formula is C73H84Cl2N10O26. The van der Waals surface area contributed by atoms with Crippen LogP contribution in [0.3, 0.4) is 0 Å². The van der Waals surface area contributed by atoms with Crippen LogP contribution < -0.4 is 68.6 Å². The zero-order valence-corrected chi connectivity index (χ0v) is 61.9. The van der Waals surface area contributed by atoms with Gasteiger partial charge in [-0.05, 0) is 124 Å². The highest BCUT2D eigenvalue weighted by Crippen LogP contribution is 2.50. The molecule has 5 aromatic rings. The number of carbonyl (C=O) groups is 10. The van der Waals surface area contributed by atoms with Crippen LogP contribution in [0.1, 0.15) is 125 Å². The number of hydrogen-bond donors (Lipinski definition) is 18. The molecule has 0 aromatic heterocycles. The molecule has 8 aliphatic heterocycles. The number of primary amides is 1. The Bertz CT molecular complexity index is 4530. The number of nitrogens with one attached hydrogen (secondary N) is 7. The fraction of sp³-hybridized carbons (Fsp3) is 0.452. The number of nitrogens with two attached hydrogens (primary N) is 3. The number of ether oxygens (including phenoxy) is 8. The van der Waals surface area contributed by atoms with Crippen LogP contribution in [0.2, 0.25) is 10.0 Å². The zero-order valence-electron chi connectivity index (χ0n) is 60.4. The third-order valence-electron chi connectivity index (χ3n) is 19.7. The van der Waals surface area contributed by atoms with Gasteiger partial charge in [-0.3, -0.25) is 43.2 Å². The lowest BCUT2D eigenvalue weighted by Gasteiger charge is -2.45. The van der Waals surface area contributed by atoms with Gasteiger partial charge in [-0.2, -0.15) is 0 Å². The smallest absolute Gasteiger partial charge is 0.330 e. The number of aliphatic hydroxyl groups is 4. The van der Waals surface area contributed by atoms with Gasteiger partial charge in [0.05, 0.1) is 40.2 Å². The van der Waals surface area contributed by atoms with Crippen molar-refractivity contribution in [1.82, 2.24) is 37.2 Å². The highest BCUT2D eigenvalue weighted by Gasteiger charge is 2.52. The molecule has 111 heavy (non-hydrogen) atoms. The molecule has 21 N–H and O–H groups in total. The molecule has 8 heterocycles. The third-order valence-corrected chi connectivity index (χ3v) is 20.3. The van der Waals surface area contributed by atoms with Crippen LogP contribution in [0.5, 0.6) is 46.0 Å². The second-order valence-electron chi connectivity index (χ2n) is 28.8. The largest absolute Gasteiger partial charge is 0.508 e. The van der Waals surface area contributed by atoms with E-state index in [1.807, 2.05) is 13.8 Å². The van der Waals surface area contributed by atoms with E-state index in [0.29, 0.717) is 0 Å². The Morgan fingerprint density at radius 1 is 0.658 bits per heavy atom. The quantitative estimate of drug-likeness (QED) is 0.0688. The van der Waals surface area contributed by atoms with Crippen molar-refractivity contribution in [3.8, 4) is 57.1 Å². The number of carboxylic acids is 1. The number of amides is 7. The number of phenols is 3. The first kappa shape index (κ1) is 82.1. The molecule has 0 saturated carbocycles. The predicted octanol–water partition coefficient (Wildman–Crippen LogP) is 0.760. The van der Waals surface area contributed by atoms with Crippen molar-refractivity contribution in [2.75, 3.05) is 13.7 Å². The van der Waals surface area contributed by atoms with Crippen molar-refractivity contribution in [2.24, 2.45) is 23.1 Å². The van der Waals surface area contributed by atoms with Gasteiger partial charge in [0.1, 0.15) is 108 Å². The summed E-state index contributed by atoms with van der Waals surface area (Å²) in [5.41, 5.74) is 12.6. The van der Waals surface area contributed by atoms with E-state index in [-0.39, 0.29) is 46.2 Å². The number of fused-ring (bicyclic) bond motifs is 15. The van der Waals surface area contributed by atoms with Gasteiger partial charge in [-0.15, -0.1) is 0 Å². The fourth-order valence-corrected chi connectivity index (χ4v) is 14.5. The summed E-state index contributed by atoms with van der Waals surface area (Å²) in [5.74, 6) is -17.4. The Balaban J connectivity index is 1.18. The van der Waals surface area contributed by atoms with Crippen LogP contribution in [0.4, 0.5) is 0 Å². The van der Waals surface area contributed by atoms with Crippen molar-refractivity contribution < 1.29 is 127 Å². The fourth-order valence-electron chi connectivity index (χ4n) is 14.0. The highest BCUT2D eigenvalue weighted by atomic mass is 35.5. The molecule has 8 aliphatic rings. The number of hydrogen-bond acceptors (Lipinski definition) is 28. The minimum absolute atomic E-state index is 0.114. The van der Waals surface area contributed by atoms with Crippen molar-refractivity contribution in [1.29, 1.82) is 0 Å². The standard InChI is InChI=1S/C73H84Cl2N10O26/c1-26(2)14-38(79-7)64(96)84-54-56(91)30-9-12-42(36(74)16-30)106-44-18-32-19-45(60(44)111-71-58(93)61(57(92)46(25-86)108-71)110-49-24-73(6,78)63(95)28(4)105-49)107-43-13-10-31(17-37(43)75)59(109-48-23-72(5,77)62(94)27(3)104-48)55-69(101)83-53(70(102)103)35-20-33(87)21-41(89)50(35)34-15-29(8-11-40(34)88)51(66(98)85-55)82-67(99)52(32)81-65(97)39(22-47(76)90)80-68(54)100/h8-13,15-21,26-28,38-39,46,48-49,51-59,61,71,79,86-89,91-93H,14,22-25,77-78H2,1-7H3,(H2,76,90)(H,80,100)(H,81,97)(H,82,99)(H,83,101)(H,84,96)(H,85,98)(H,102,103)/t27-,28-,38+,39?,46+,48?,49?,51?,52?,53?,54?,55?,56?,57+,58+,59?,61-,71?,72-,73-/m0/s1. The zero-order chi connectivity index (χ0) is 80.9. The number of rotatable bonds is 15. The summed E-state index contributed by atoms with van der Waals surface area (Å²) in [6, 6.07) is -0.739. The molecule has 5 aromatic carbocycles. The molecule has 0 radical (unpaired) electrons. The molecule has 13 rings (SSSR count). The number of likely N-dealkylation sites (N-methyl/N-ethyl adjacent to an activating group) is 1. The van der Waals surface area contributed by atoms with E-state index in [0.717, 1.165) is 60.7 Å². The lowest BCUT2D eigenvalue weighted by atomic mass is 9.88. The molecule has 38 heteroatoms. The number of phenolic OH excluding ortho intramolecular Hbond substituents is 3. The number of aliphatic carboxylic acids is 1. The van der Waals surface area contributed by atoms with Gasteiger partial charge in [0.25, 0.3) is 0 Å². The van der Waals surface area contributed by atoms with Gasteiger partial charge in [0.2, 0.25) is 53.4 Å². The number of aliphatic hydroxyl groups excluding tert-OH is 4.